The molecule has 1 aromatic carbocycles. The van der Waals surface area contributed by atoms with E-state index in [0.717, 1.165) is 5.56 Å². The molecule has 150 valence electrons. The summed E-state index contributed by atoms with van der Waals surface area (Å²) < 4.78 is 15.5. The maximum absolute atomic E-state index is 11.7. The minimum absolute atomic E-state index is 0.0548. The molecule has 1 amide bonds. The number of aryl methyl sites for hydroxylation is 1. The van der Waals surface area contributed by atoms with Crippen molar-refractivity contribution in [1.82, 2.24) is 5.32 Å². The number of hydrogen-bond donors (Lipinski definition) is 2. The Morgan fingerprint density at radius 3 is 2.30 bits per heavy atom. The van der Waals surface area contributed by atoms with Gasteiger partial charge in [-0.1, -0.05) is 12.1 Å². The highest BCUT2D eigenvalue weighted by molar-refractivity contribution is 5.72. The third-order valence-electron chi connectivity index (χ3n) is 3.15. The molecule has 0 aliphatic carbocycles. The molecule has 0 saturated heterocycles. The average molecular weight is 381 g/mol. The SMILES string of the molecule is CC(C)(C)OC(=O)NCCOCCC(=O)Oc1ccc(CCC(=O)O)cc1. The van der Waals surface area contributed by atoms with Gasteiger partial charge in [0.25, 0.3) is 0 Å². The second-order valence-corrected chi connectivity index (χ2v) is 6.80. The molecule has 1 aromatic rings. The second-order valence-electron chi connectivity index (χ2n) is 6.80. The van der Waals surface area contributed by atoms with E-state index in [9.17, 15) is 14.4 Å². The van der Waals surface area contributed by atoms with Gasteiger partial charge in [0.1, 0.15) is 11.4 Å². The maximum Gasteiger partial charge on any atom is 0.407 e. The van der Waals surface area contributed by atoms with Gasteiger partial charge >= 0.3 is 18.0 Å². The van der Waals surface area contributed by atoms with Crippen LogP contribution in [0.1, 0.15) is 39.2 Å². The summed E-state index contributed by atoms with van der Waals surface area (Å²) in [6.45, 7) is 6.03. The van der Waals surface area contributed by atoms with Crippen molar-refractivity contribution < 1.29 is 33.7 Å². The molecule has 1 rings (SSSR count). The number of esters is 1. The Kier molecular flexibility index (Phi) is 9.29. The van der Waals surface area contributed by atoms with Crippen LogP contribution in [-0.4, -0.2) is 48.5 Å². The Balaban J connectivity index is 2.15. The van der Waals surface area contributed by atoms with Gasteiger partial charge in [-0.25, -0.2) is 4.79 Å². The highest BCUT2D eigenvalue weighted by atomic mass is 16.6. The van der Waals surface area contributed by atoms with Crippen molar-refractivity contribution in [1.29, 1.82) is 0 Å². The summed E-state index contributed by atoms with van der Waals surface area (Å²) in [5.74, 6) is -0.897. The molecular formula is C19H27NO7. The third kappa shape index (κ3) is 11.6. The van der Waals surface area contributed by atoms with Crippen LogP contribution in [0.5, 0.6) is 5.75 Å². The largest absolute Gasteiger partial charge is 0.481 e. The van der Waals surface area contributed by atoms with Gasteiger partial charge in [-0.2, -0.15) is 0 Å². The van der Waals surface area contributed by atoms with E-state index in [1.165, 1.54) is 0 Å². The molecule has 8 heteroatoms. The number of aliphatic carboxylic acids is 1. The highest BCUT2D eigenvalue weighted by Gasteiger charge is 2.15. The quantitative estimate of drug-likeness (QED) is 0.364. The molecule has 0 aliphatic heterocycles. The number of carbonyl (C=O) groups is 3. The van der Waals surface area contributed by atoms with E-state index in [-0.39, 0.29) is 32.6 Å². The van der Waals surface area contributed by atoms with Gasteiger partial charge in [0.2, 0.25) is 0 Å². The summed E-state index contributed by atoms with van der Waals surface area (Å²) >= 11 is 0. The fourth-order valence-electron chi connectivity index (χ4n) is 1.95. The summed E-state index contributed by atoms with van der Waals surface area (Å²) in [6.07, 6.45) is 0.0404. The van der Waals surface area contributed by atoms with Crippen LogP contribution in [0.25, 0.3) is 0 Å². The normalized spacial score (nSPS) is 10.9. The van der Waals surface area contributed by atoms with Gasteiger partial charge < -0.3 is 24.6 Å². The number of carbonyl (C=O) groups excluding carboxylic acids is 2. The van der Waals surface area contributed by atoms with Crippen LogP contribution in [0.3, 0.4) is 0 Å². The zero-order chi connectivity index (χ0) is 20.3. The fourth-order valence-corrected chi connectivity index (χ4v) is 1.95. The lowest BCUT2D eigenvalue weighted by Gasteiger charge is -2.19. The summed E-state index contributed by atoms with van der Waals surface area (Å²) in [4.78, 5) is 33.7. The van der Waals surface area contributed by atoms with E-state index < -0.39 is 23.6 Å². The number of carboxylic acids is 1. The lowest BCUT2D eigenvalue weighted by molar-refractivity contribution is -0.137. The predicted molar refractivity (Wildman–Crippen MR) is 97.7 cm³/mol. The zero-order valence-corrected chi connectivity index (χ0v) is 15.9. The van der Waals surface area contributed by atoms with E-state index >= 15 is 0 Å². The van der Waals surface area contributed by atoms with Crippen LogP contribution in [0, 0.1) is 0 Å². The van der Waals surface area contributed by atoms with Crippen LogP contribution in [0.4, 0.5) is 4.79 Å². The summed E-state index contributed by atoms with van der Waals surface area (Å²) in [5.41, 5.74) is 0.307. The topological polar surface area (TPSA) is 111 Å². The molecular weight excluding hydrogens is 354 g/mol. The van der Waals surface area contributed by atoms with E-state index in [4.69, 9.17) is 19.3 Å². The predicted octanol–water partition coefficient (Wildman–Crippen LogP) is 2.54. The number of ether oxygens (including phenoxy) is 3. The Labute approximate surface area is 158 Å². The van der Waals surface area contributed by atoms with Crippen LogP contribution in [0.2, 0.25) is 0 Å². The number of rotatable bonds is 10. The second kappa shape index (κ2) is 11.2. The molecule has 8 nitrogen and oxygen atoms in total. The first kappa shape index (κ1) is 22.4. The van der Waals surface area contributed by atoms with Crippen molar-refractivity contribution in [2.24, 2.45) is 0 Å². The molecule has 0 spiro atoms. The maximum atomic E-state index is 11.7. The molecule has 27 heavy (non-hydrogen) atoms. The molecule has 2 N–H and O–H groups in total. The van der Waals surface area contributed by atoms with Gasteiger partial charge in [0, 0.05) is 13.0 Å². The smallest absolute Gasteiger partial charge is 0.407 e. The Morgan fingerprint density at radius 1 is 1.04 bits per heavy atom. The summed E-state index contributed by atoms with van der Waals surface area (Å²) in [5, 5.41) is 11.2. The first-order valence-electron chi connectivity index (χ1n) is 8.72. The Morgan fingerprint density at radius 2 is 1.70 bits per heavy atom. The van der Waals surface area contributed by atoms with Crippen molar-refractivity contribution in [3.63, 3.8) is 0 Å². The highest BCUT2D eigenvalue weighted by Crippen LogP contribution is 2.14. The summed E-state index contributed by atoms with van der Waals surface area (Å²) in [6, 6.07) is 6.70. The van der Waals surface area contributed by atoms with E-state index in [2.05, 4.69) is 5.32 Å². The van der Waals surface area contributed by atoms with E-state index in [0.29, 0.717) is 12.2 Å². The molecule has 0 fully saturated rings. The van der Waals surface area contributed by atoms with Gasteiger partial charge in [0.15, 0.2) is 0 Å². The molecule has 0 radical (unpaired) electrons. The Bertz CT molecular complexity index is 620. The molecule has 0 aromatic heterocycles. The van der Waals surface area contributed by atoms with Crippen molar-refractivity contribution in [2.75, 3.05) is 19.8 Å². The van der Waals surface area contributed by atoms with Crippen LogP contribution < -0.4 is 10.1 Å². The standard InChI is InChI=1S/C19H27NO7/c1-19(2,3)27-18(24)20-11-13-25-12-10-17(23)26-15-7-4-14(5-8-15)6-9-16(21)22/h4-5,7-8H,6,9-13H2,1-3H3,(H,20,24)(H,21,22). The Hall–Kier alpha value is -2.61. The van der Waals surface area contributed by atoms with Gasteiger partial charge in [-0.3, -0.25) is 9.59 Å². The van der Waals surface area contributed by atoms with Gasteiger partial charge in [0.05, 0.1) is 19.6 Å². The first-order valence-corrected chi connectivity index (χ1v) is 8.72. The molecule has 0 atom stereocenters. The number of nitrogens with one attached hydrogen (secondary N) is 1. The lowest BCUT2D eigenvalue weighted by Crippen LogP contribution is -2.34. The number of carboxylic acid groups (broad SMARTS) is 1. The van der Waals surface area contributed by atoms with Crippen LogP contribution in [0.15, 0.2) is 24.3 Å². The minimum Gasteiger partial charge on any atom is -0.481 e. The molecule has 0 heterocycles. The number of alkyl carbamates (subject to hydrolysis) is 1. The van der Waals surface area contributed by atoms with E-state index in [1.807, 2.05) is 0 Å². The average Bonchev–Trinajstić information content (AvgIpc) is 2.55. The molecule has 0 saturated carbocycles. The van der Waals surface area contributed by atoms with Crippen LogP contribution >= 0.6 is 0 Å². The van der Waals surface area contributed by atoms with Gasteiger partial charge in [-0.15, -0.1) is 0 Å². The number of hydrogen-bond acceptors (Lipinski definition) is 6. The summed E-state index contributed by atoms with van der Waals surface area (Å²) in [7, 11) is 0. The van der Waals surface area contributed by atoms with Crippen molar-refractivity contribution >= 4 is 18.0 Å². The van der Waals surface area contributed by atoms with Gasteiger partial charge in [-0.05, 0) is 44.9 Å². The number of amides is 1. The third-order valence-corrected chi connectivity index (χ3v) is 3.15. The molecule has 0 bridgehead atoms. The van der Waals surface area contributed by atoms with Crippen molar-refractivity contribution in [3.05, 3.63) is 29.8 Å². The minimum atomic E-state index is -0.855. The number of benzene rings is 1. The fraction of sp³-hybridized carbons (Fsp3) is 0.526. The van der Waals surface area contributed by atoms with Crippen molar-refractivity contribution in [2.45, 2.75) is 45.6 Å². The zero-order valence-electron chi connectivity index (χ0n) is 15.9. The molecule has 0 aliphatic rings. The molecule has 0 unspecified atom stereocenters. The van der Waals surface area contributed by atoms with Crippen LogP contribution in [-0.2, 0) is 25.5 Å². The first-order chi connectivity index (χ1) is 12.7. The van der Waals surface area contributed by atoms with Crippen molar-refractivity contribution in [3.8, 4) is 5.75 Å². The monoisotopic (exact) mass is 381 g/mol. The van der Waals surface area contributed by atoms with E-state index in [1.54, 1.807) is 45.0 Å². The lowest BCUT2D eigenvalue weighted by atomic mass is 10.1.